The molecule has 1 aliphatic rings. The van der Waals surface area contributed by atoms with Gasteiger partial charge in [0.05, 0.1) is 37.8 Å². The third-order valence-corrected chi connectivity index (χ3v) is 3.32. The van der Waals surface area contributed by atoms with Gasteiger partial charge in [0.2, 0.25) is 0 Å². The second-order valence-corrected chi connectivity index (χ2v) is 4.99. The molecule has 1 unspecified atom stereocenters. The molecule has 0 aliphatic carbocycles. The molecule has 0 saturated carbocycles. The third-order valence-electron chi connectivity index (χ3n) is 3.32. The Morgan fingerprint density at radius 1 is 1.48 bits per heavy atom. The lowest BCUT2D eigenvalue weighted by atomic mass is 10.1. The Bertz CT molecular complexity index is 518. The minimum absolute atomic E-state index is 0.121. The molecule has 1 saturated heterocycles. The maximum atomic E-state index is 12.6. The van der Waals surface area contributed by atoms with Crippen LogP contribution in [0.15, 0.2) is 18.5 Å². The van der Waals surface area contributed by atoms with Gasteiger partial charge in [-0.2, -0.15) is 0 Å². The van der Waals surface area contributed by atoms with Gasteiger partial charge in [0, 0.05) is 18.9 Å². The Labute approximate surface area is 124 Å². The van der Waals surface area contributed by atoms with Crippen molar-refractivity contribution < 1.29 is 19.1 Å². The summed E-state index contributed by atoms with van der Waals surface area (Å²) in [5, 5.41) is 0. The lowest BCUT2D eigenvalue weighted by Crippen LogP contribution is -2.49. The number of pyridine rings is 1. The molecule has 1 atom stereocenters. The molecule has 0 radical (unpaired) electrons. The van der Waals surface area contributed by atoms with Gasteiger partial charge >= 0.3 is 5.97 Å². The van der Waals surface area contributed by atoms with Crippen LogP contribution in [0.1, 0.15) is 29.3 Å². The molecule has 0 N–H and O–H groups in total. The molecule has 1 fully saturated rings. The maximum Gasteiger partial charge on any atom is 0.307 e. The van der Waals surface area contributed by atoms with E-state index in [1.54, 1.807) is 30.3 Å². The highest BCUT2D eigenvalue weighted by atomic mass is 16.5. The summed E-state index contributed by atoms with van der Waals surface area (Å²) in [5.41, 5.74) is 1.46. The van der Waals surface area contributed by atoms with Gasteiger partial charge in [0.25, 0.3) is 5.91 Å². The Balaban J connectivity index is 2.10. The van der Waals surface area contributed by atoms with Crippen molar-refractivity contribution in [2.45, 2.75) is 26.3 Å². The van der Waals surface area contributed by atoms with Crippen LogP contribution >= 0.6 is 0 Å². The molecule has 21 heavy (non-hydrogen) atoms. The van der Waals surface area contributed by atoms with Crippen molar-refractivity contribution >= 4 is 11.9 Å². The number of nitrogens with zero attached hydrogens (tertiary/aromatic N) is 2. The summed E-state index contributed by atoms with van der Waals surface area (Å²) in [4.78, 5) is 29.9. The first-order valence-corrected chi connectivity index (χ1v) is 7.07. The maximum absolute atomic E-state index is 12.6. The normalized spacial score (nSPS) is 18.4. The van der Waals surface area contributed by atoms with E-state index in [9.17, 15) is 9.59 Å². The fourth-order valence-electron chi connectivity index (χ4n) is 2.34. The first kappa shape index (κ1) is 15.4. The smallest absolute Gasteiger partial charge is 0.307 e. The molecule has 2 heterocycles. The van der Waals surface area contributed by atoms with Crippen LogP contribution in [0, 0.1) is 6.92 Å². The fraction of sp³-hybridized carbons (Fsp3) is 0.533. The fourth-order valence-corrected chi connectivity index (χ4v) is 2.34. The minimum atomic E-state index is -0.312. The van der Waals surface area contributed by atoms with E-state index in [-0.39, 0.29) is 24.3 Å². The number of amides is 1. The summed E-state index contributed by atoms with van der Waals surface area (Å²) in [5.74, 6) is -0.433. The predicted molar refractivity (Wildman–Crippen MR) is 75.9 cm³/mol. The van der Waals surface area contributed by atoms with Crippen molar-refractivity contribution in [1.82, 2.24) is 9.88 Å². The van der Waals surface area contributed by atoms with Gasteiger partial charge in [-0.3, -0.25) is 14.6 Å². The molecule has 0 bridgehead atoms. The molecule has 1 amide bonds. The Morgan fingerprint density at radius 2 is 2.29 bits per heavy atom. The first-order chi connectivity index (χ1) is 10.1. The van der Waals surface area contributed by atoms with E-state index in [2.05, 4.69) is 4.98 Å². The van der Waals surface area contributed by atoms with Crippen molar-refractivity contribution in [3.63, 3.8) is 0 Å². The number of carbonyl (C=O) groups excluding carboxylic acids is 2. The number of morpholine rings is 1. The van der Waals surface area contributed by atoms with Gasteiger partial charge in [-0.15, -0.1) is 0 Å². The molecule has 1 aromatic rings. The highest BCUT2D eigenvalue weighted by Gasteiger charge is 2.30. The summed E-state index contributed by atoms with van der Waals surface area (Å²) in [6, 6.07) is 1.51. The molecule has 1 aromatic heterocycles. The summed E-state index contributed by atoms with van der Waals surface area (Å²) < 4.78 is 10.3. The van der Waals surface area contributed by atoms with E-state index in [1.165, 1.54) is 0 Å². The lowest BCUT2D eigenvalue weighted by molar-refractivity contribution is -0.145. The van der Waals surface area contributed by atoms with Gasteiger partial charge in [-0.25, -0.2) is 0 Å². The minimum Gasteiger partial charge on any atom is -0.466 e. The monoisotopic (exact) mass is 292 g/mol. The van der Waals surface area contributed by atoms with E-state index in [0.717, 1.165) is 5.56 Å². The van der Waals surface area contributed by atoms with E-state index in [1.807, 2.05) is 6.92 Å². The molecular weight excluding hydrogens is 272 g/mol. The molecule has 6 heteroatoms. The summed E-state index contributed by atoms with van der Waals surface area (Å²) >= 11 is 0. The predicted octanol–water partition coefficient (Wildman–Crippen LogP) is 1.18. The van der Waals surface area contributed by atoms with Crippen molar-refractivity contribution in [3.8, 4) is 0 Å². The number of hydrogen-bond donors (Lipinski definition) is 0. The number of rotatable bonds is 4. The molecule has 6 nitrogen and oxygen atoms in total. The standard InChI is InChI=1S/C15H20N2O4/c1-3-21-14(18)7-13-10-20-5-4-17(13)15(19)12-6-11(2)8-16-9-12/h6,8-9,13H,3-5,7,10H2,1-2H3. The SMILES string of the molecule is CCOC(=O)CC1COCCN1C(=O)c1cncc(C)c1. The lowest BCUT2D eigenvalue weighted by Gasteiger charge is -2.35. The Kier molecular flexibility index (Phi) is 5.27. The first-order valence-electron chi connectivity index (χ1n) is 7.07. The quantitative estimate of drug-likeness (QED) is 0.780. The molecule has 2 rings (SSSR count). The Morgan fingerprint density at radius 3 is 3.00 bits per heavy atom. The van der Waals surface area contributed by atoms with Gasteiger partial charge in [0.15, 0.2) is 0 Å². The number of aryl methyl sites for hydroxylation is 1. The van der Waals surface area contributed by atoms with Crippen LogP contribution in [0.2, 0.25) is 0 Å². The van der Waals surface area contributed by atoms with Gasteiger partial charge in [0.1, 0.15) is 0 Å². The van der Waals surface area contributed by atoms with Crippen LogP contribution in [0.5, 0.6) is 0 Å². The second-order valence-electron chi connectivity index (χ2n) is 4.99. The van der Waals surface area contributed by atoms with Gasteiger partial charge < -0.3 is 14.4 Å². The van der Waals surface area contributed by atoms with Crippen LogP contribution in [0.4, 0.5) is 0 Å². The molecule has 0 aromatic carbocycles. The number of esters is 1. The van der Waals surface area contributed by atoms with E-state index in [0.29, 0.717) is 31.9 Å². The molecule has 1 aliphatic heterocycles. The molecule has 0 spiro atoms. The number of aromatic nitrogens is 1. The van der Waals surface area contributed by atoms with E-state index >= 15 is 0 Å². The van der Waals surface area contributed by atoms with Crippen LogP contribution in [0.3, 0.4) is 0 Å². The largest absolute Gasteiger partial charge is 0.466 e. The number of hydrogen-bond acceptors (Lipinski definition) is 5. The zero-order valence-corrected chi connectivity index (χ0v) is 12.4. The van der Waals surface area contributed by atoms with Crippen molar-refractivity contribution in [3.05, 3.63) is 29.6 Å². The summed E-state index contributed by atoms with van der Waals surface area (Å²) in [6.45, 7) is 5.28. The van der Waals surface area contributed by atoms with Gasteiger partial charge in [-0.1, -0.05) is 0 Å². The van der Waals surface area contributed by atoms with E-state index < -0.39 is 0 Å². The van der Waals surface area contributed by atoms with Gasteiger partial charge in [-0.05, 0) is 25.5 Å². The van der Waals surface area contributed by atoms with Crippen LogP contribution in [0.25, 0.3) is 0 Å². The topological polar surface area (TPSA) is 68.7 Å². The summed E-state index contributed by atoms with van der Waals surface area (Å²) in [6.07, 6.45) is 3.40. The Hall–Kier alpha value is -1.95. The second kappa shape index (κ2) is 7.17. The van der Waals surface area contributed by atoms with Crippen LogP contribution in [-0.4, -0.2) is 54.2 Å². The number of ether oxygens (including phenoxy) is 2. The van der Waals surface area contributed by atoms with Crippen molar-refractivity contribution in [1.29, 1.82) is 0 Å². The van der Waals surface area contributed by atoms with Crippen molar-refractivity contribution in [2.75, 3.05) is 26.4 Å². The zero-order chi connectivity index (χ0) is 15.2. The van der Waals surface area contributed by atoms with Crippen LogP contribution in [-0.2, 0) is 14.3 Å². The highest BCUT2D eigenvalue weighted by molar-refractivity contribution is 5.94. The average molecular weight is 292 g/mol. The molecular formula is C15H20N2O4. The van der Waals surface area contributed by atoms with E-state index in [4.69, 9.17) is 9.47 Å². The molecule has 114 valence electrons. The average Bonchev–Trinajstić information content (AvgIpc) is 2.47. The highest BCUT2D eigenvalue weighted by Crippen LogP contribution is 2.16. The number of carbonyl (C=O) groups is 2. The van der Waals surface area contributed by atoms with Crippen LogP contribution < -0.4 is 0 Å². The third kappa shape index (κ3) is 4.01. The van der Waals surface area contributed by atoms with Crippen molar-refractivity contribution in [2.24, 2.45) is 0 Å². The zero-order valence-electron chi connectivity index (χ0n) is 12.4. The summed E-state index contributed by atoms with van der Waals surface area (Å²) in [7, 11) is 0.